The Labute approximate surface area is 70.8 Å². The van der Waals surface area contributed by atoms with Gasteiger partial charge in [-0.15, -0.1) is 0 Å². The fourth-order valence-electron chi connectivity index (χ4n) is 1.36. The molecule has 0 fully saturated rings. The van der Waals surface area contributed by atoms with Crippen molar-refractivity contribution in [2.45, 2.75) is 19.8 Å². The second kappa shape index (κ2) is 2.59. The van der Waals surface area contributed by atoms with E-state index in [0.717, 1.165) is 23.4 Å². The van der Waals surface area contributed by atoms with Crippen LogP contribution in [-0.2, 0) is 11.2 Å². The number of aryl methyl sites for hydroxylation is 2. The predicted molar refractivity (Wildman–Crippen MR) is 45.9 cm³/mol. The maximum absolute atomic E-state index is 11.0. The molecule has 1 amide bonds. The van der Waals surface area contributed by atoms with E-state index in [-0.39, 0.29) is 5.91 Å². The predicted octanol–water partition coefficient (Wildman–Crippen LogP) is 1.27. The first-order valence-corrected chi connectivity index (χ1v) is 4.01. The zero-order valence-electron chi connectivity index (χ0n) is 6.92. The number of nitrogens with one attached hydrogen (secondary N) is 1. The monoisotopic (exact) mass is 162 g/mol. The van der Waals surface area contributed by atoms with E-state index in [1.54, 1.807) is 0 Å². The first-order chi connectivity index (χ1) is 5.75. The number of pyridine rings is 1. The Morgan fingerprint density at radius 1 is 1.50 bits per heavy atom. The third kappa shape index (κ3) is 1.18. The van der Waals surface area contributed by atoms with Crippen LogP contribution in [0, 0.1) is 6.92 Å². The Kier molecular flexibility index (Phi) is 1.57. The molecule has 1 aliphatic heterocycles. The zero-order valence-corrected chi connectivity index (χ0v) is 6.92. The number of nitrogens with zero attached hydrogens (tertiary/aromatic N) is 1. The van der Waals surface area contributed by atoms with Gasteiger partial charge in [-0.3, -0.25) is 9.78 Å². The SMILES string of the molecule is Cc1cc2c(cn1)CCC(=O)N2. The molecule has 1 aromatic rings. The lowest BCUT2D eigenvalue weighted by Crippen LogP contribution is -2.19. The van der Waals surface area contributed by atoms with E-state index >= 15 is 0 Å². The van der Waals surface area contributed by atoms with E-state index in [1.807, 2.05) is 19.2 Å². The van der Waals surface area contributed by atoms with Crippen molar-refractivity contribution in [1.29, 1.82) is 0 Å². The minimum Gasteiger partial charge on any atom is -0.326 e. The van der Waals surface area contributed by atoms with Crippen molar-refractivity contribution in [3.8, 4) is 0 Å². The minimum atomic E-state index is 0.105. The third-order valence-electron chi connectivity index (χ3n) is 2.02. The molecule has 0 saturated carbocycles. The second-order valence-corrected chi connectivity index (χ2v) is 3.03. The van der Waals surface area contributed by atoms with Gasteiger partial charge >= 0.3 is 0 Å². The van der Waals surface area contributed by atoms with Crippen molar-refractivity contribution in [2.24, 2.45) is 0 Å². The van der Waals surface area contributed by atoms with Gasteiger partial charge in [0.25, 0.3) is 0 Å². The van der Waals surface area contributed by atoms with E-state index in [9.17, 15) is 4.79 Å². The highest BCUT2D eigenvalue weighted by atomic mass is 16.1. The number of anilines is 1. The number of hydrogen-bond acceptors (Lipinski definition) is 2. The van der Waals surface area contributed by atoms with Crippen LogP contribution >= 0.6 is 0 Å². The second-order valence-electron chi connectivity index (χ2n) is 3.03. The van der Waals surface area contributed by atoms with Crippen LogP contribution in [0.25, 0.3) is 0 Å². The van der Waals surface area contributed by atoms with Crippen LogP contribution in [0.4, 0.5) is 5.69 Å². The Morgan fingerprint density at radius 2 is 2.33 bits per heavy atom. The molecule has 3 nitrogen and oxygen atoms in total. The van der Waals surface area contributed by atoms with Gasteiger partial charge in [-0.25, -0.2) is 0 Å². The molecule has 0 radical (unpaired) electrons. The number of rotatable bonds is 0. The molecule has 2 heterocycles. The molecule has 1 N–H and O–H groups in total. The van der Waals surface area contributed by atoms with E-state index in [2.05, 4.69) is 10.3 Å². The molecular weight excluding hydrogens is 152 g/mol. The first kappa shape index (κ1) is 7.28. The van der Waals surface area contributed by atoms with E-state index < -0.39 is 0 Å². The first-order valence-electron chi connectivity index (χ1n) is 4.01. The molecule has 1 aromatic heterocycles. The van der Waals surface area contributed by atoms with Crippen LogP contribution in [0.15, 0.2) is 12.3 Å². The van der Waals surface area contributed by atoms with Gasteiger partial charge in [0.15, 0.2) is 0 Å². The van der Waals surface area contributed by atoms with Gasteiger partial charge < -0.3 is 5.32 Å². The lowest BCUT2D eigenvalue weighted by atomic mass is 10.1. The largest absolute Gasteiger partial charge is 0.326 e. The van der Waals surface area contributed by atoms with Crippen LogP contribution < -0.4 is 5.32 Å². The van der Waals surface area contributed by atoms with Crippen LogP contribution in [0.2, 0.25) is 0 Å². The van der Waals surface area contributed by atoms with Crippen LogP contribution in [0.3, 0.4) is 0 Å². The van der Waals surface area contributed by atoms with Gasteiger partial charge in [0.05, 0.1) is 0 Å². The standard InChI is InChI=1S/C9H10N2O/c1-6-4-8-7(5-10-6)2-3-9(12)11-8/h4-5H,2-3H2,1H3,(H,11,12). The average Bonchev–Trinajstić information content (AvgIpc) is 2.03. The number of hydrogen-bond donors (Lipinski definition) is 1. The molecule has 2 rings (SSSR count). The summed E-state index contributed by atoms with van der Waals surface area (Å²) < 4.78 is 0. The lowest BCUT2D eigenvalue weighted by Gasteiger charge is -2.15. The topological polar surface area (TPSA) is 42.0 Å². The van der Waals surface area contributed by atoms with Crippen molar-refractivity contribution in [3.05, 3.63) is 23.5 Å². The summed E-state index contributed by atoms with van der Waals surface area (Å²) in [6.45, 7) is 1.92. The number of carbonyl (C=O) groups excluding carboxylic acids is 1. The van der Waals surface area contributed by atoms with Gasteiger partial charge in [-0.1, -0.05) is 0 Å². The summed E-state index contributed by atoms with van der Waals surface area (Å²) in [5.74, 6) is 0.105. The van der Waals surface area contributed by atoms with Gasteiger partial charge in [0.1, 0.15) is 0 Å². The number of amides is 1. The number of fused-ring (bicyclic) bond motifs is 1. The van der Waals surface area contributed by atoms with E-state index in [4.69, 9.17) is 0 Å². The highest BCUT2D eigenvalue weighted by molar-refractivity contribution is 5.93. The Balaban J connectivity index is 2.44. The summed E-state index contributed by atoms with van der Waals surface area (Å²) in [6, 6.07) is 1.91. The summed E-state index contributed by atoms with van der Waals surface area (Å²) in [4.78, 5) is 15.2. The molecule has 0 bridgehead atoms. The molecule has 0 aliphatic carbocycles. The fraction of sp³-hybridized carbons (Fsp3) is 0.333. The lowest BCUT2D eigenvalue weighted by molar-refractivity contribution is -0.116. The van der Waals surface area contributed by atoms with Crippen molar-refractivity contribution in [1.82, 2.24) is 4.98 Å². The molecule has 62 valence electrons. The minimum absolute atomic E-state index is 0.105. The quantitative estimate of drug-likeness (QED) is 0.624. The molecule has 0 saturated heterocycles. The summed E-state index contributed by atoms with van der Waals surface area (Å²) >= 11 is 0. The van der Waals surface area contributed by atoms with Crippen molar-refractivity contribution in [3.63, 3.8) is 0 Å². The fourth-order valence-corrected chi connectivity index (χ4v) is 1.36. The Bertz CT molecular complexity index is 333. The molecule has 12 heavy (non-hydrogen) atoms. The summed E-state index contributed by atoms with van der Waals surface area (Å²) in [7, 11) is 0. The number of aromatic nitrogens is 1. The van der Waals surface area contributed by atoms with E-state index in [0.29, 0.717) is 6.42 Å². The van der Waals surface area contributed by atoms with E-state index in [1.165, 1.54) is 0 Å². The highest BCUT2D eigenvalue weighted by Gasteiger charge is 2.14. The van der Waals surface area contributed by atoms with Gasteiger partial charge in [0, 0.05) is 24.0 Å². The molecule has 3 heteroatoms. The number of carbonyl (C=O) groups is 1. The molecule has 1 aliphatic rings. The Morgan fingerprint density at radius 3 is 3.17 bits per heavy atom. The molecule has 0 unspecified atom stereocenters. The van der Waals surface area contributed by atoms with Gasteiger partial charge in [-0.2, -0.15) is 0 Å². The van der Waals surface area contributed by atoms with Gasteiger partial charge in [-0.05, 0) is 25.0 Å². The Hall–Kier alpha value is -1.38. The molecule has 0 atom stereocenters. The molecule has 0 aromatic carbocycles. The maximum Gasteiger partial charge on any atom is 0.224 e. The molecule has 0 spiro atoms. The van der Waals surface area contributed by atoms with Crippen LogP contribution in [-0.4, -0.2) is 10.9 Å². The van der Waals surface area contributed by atoms with Crippen LogP contribution in [0.5, 0.6) is 0 Å². The summed E-state index contributed by atoms with van der Waals surface area (Å²) in [5.41, 5.74) is 3.01. The maximum atomic E-state index is 11.0. The highest BCUT2D eigenvalue weighted by Crippen LogP contribution is 2.21. The van der Waals surface area contributed by atoms with Crippen molar-refractivity contribution < 1.29 is 4.79 Å². The van der Waals surface area contributed by atoms with Crippen molar-refractivity contribution >= 4 is 11.6 Å². The zero-order chi connectivity index (χ0) is 8.55. The average molecular weight is 162 g/mol. The smallest absolute Gasteiger partial charge is 0.224 e. The summed E-state index contributed by atoms with van der Waals surface area (Å²) in [5, 5.41) is 2.82. The van der Waals surface area contributed by atoms with Gasteiger partial charge in [0.2, 0.25) is 5.91 Å². The van der Waals surface area contributed by atoms with Crippen LogP contribution in [0.1, 0.15) is 17.7 Å². The summed E-state index contributed by atoms with van der Waals surface area (Å²) in [6.07, 6.45) is 3.23. The third-order valence-corrected chi connectivity index (χ3v) is 2.02. The van der Waals surface area contributed by atoms with Crippen molar-refractivity contribution in [2.75, 3.05) is 5.32 Å². The molecular formula is C9H10N2O. The normalized spacial score (nSPS) is 15.2.